The Morgan fingerprint density at radius 2 is 2.22 bits per heavy atom. The molecule has 0 aromatic heterocycles. The summed E-state index contributed by atoms with van der Waals surface area (Å²) in [6.07, 6.45) is 3.01. The van der Waals surface area contributed by atoms with Crippen molar-refractivity contribution < 1.29 is 9.53 Å². The molecular weight excluding hydrogens is 228 g/mol. The number of ether oxygens (including phenoxy) is 1. The van der Waals surface area contributed by atoms with Gasteiger partial charge in [0.25, 0.3) is 0 Å². The van der Waals surface area contributed by atoms with Crippen molar-refractivity contribution in [2.24, 2.45) is 5.41 Å². The molecule has 4 heteroatoms. The van der Waals surface area contributed by atoms with E-state index >= 15 is 0 Å². The van der Waals surface area contributed by atoms with Gasteiger partial charge in [-0.15, -0.1) is 0 Å². The minimum absolute atomic E-state index is 0.174. The summed E-state index contributed by atoms with van der Waals surface area (Å²) in [4.78, 5) is 14.8. The van der Waals surface area contributed by atoms with E-state index in [1.807, 2.05) is 4.90 Å². The Bertz CT molecular complexity index is 261. The molecule has 0 spiro atoms. The SMILES string of the molecule is CCCC1(C(=O)N(CCOC)C(C)C)CCNC1. The van der Waals surface area contributed by atoms with Crippen LogP contribution in [-0.4, -0.2) is 50.2 Å². The zero-order valence-corrected chi connectivity index (χ0v) is 12.3. The van der Waals surface area contributed by atoms with Crippen molar-refractivity contribution in [1.29, 1.82) is 0 Å². The normalized spacial score (nSPS) is 23.6. The van der Waals surface area contributed by atoms with E-state index in [0.717, 1.165) is 32.4 Å². The zero-order valence-electron chi connectivity index (χ0n) is 12.3. The van der Waals surface area contributed by atoms with Gasteiger partial charge in [0, 0.05) is 26.2 Å². The smallest absolute Gasteiger partial charge is 0.230 e. The lowest BCUT2D eigenvalue weighted by molar-refractivity contribution is -0.144. The second-order valence-electron chi connectivity index (χ2n) is 5.54. The van der Waals surface area contributed by atoms with Gasteiger partial charge in [-0.2, -0.15) is 0 Å². The van der Waals surface area contributed by atoms with Crippen molar-refractivity contribution in [1.82, 2.24) is 10.2 Å². The molecule has 1 saturated heterocycles. The standard InChI is InChI=1S/C14H28N2O2/c1-5-6-14(7-8-15-11-14)13(17)16(12(2)3)9-10-18-4/h12,15H,5-11H2,1-4H3. The Kier molecular flexibility index (Phi) is 6.09. The van der Waals surface area contributed by atoms with Gasteiger partial charge < -0.3 is 15.0 Å². The van der Waals surface area contributed by atoms with Crippen LogP contribution in [0.25, 0.3) is 0 Å². The van der Waals surface area contributed by atoms with Crippen molar-refractivity contribution in [3.8, 4) is 0 Å². The van der Waals surface area contributed by atoms with Crippen LogP contribution in [0.5, 0.6) is 0 Å². The molecule has 0 aromatic rings. The highest BCUT2D eigenvalue weighted by molar-refractivity contribution is 5.83. The molecule has 0 bridgehead atoms. The Morgan fingerprint density at radius 1 is 1.50 bits per heavy atom. The molecule has 1 unspecified atom stereocenters. The van der Waals surface area contributed by atoms with Crippen LogP contribution in [0.3, 0.4) is 0 Å². The van der Waals surface area contributed by atoms with Crippen molar-refractivity contribution in [3.05, 3.63) is 0 Å². The van der Waals surface area contributed by atoms with Crippen molar-refractivity contribution in [3.63, 3.8) is 0 Å². The lowest BCUT2D eigenvalue weighted by Gasteiger charge is -2.36. The number of methoxy groups -OCH3 is 1. The molecule has 1 amide bonds. The van der Waals surface area contributed by atoms with Crippen LogP contribution < -0.4 is 5.32 Å². The van der Waals surface area contributed by atoms with Crippen LogP contribution >= 0.6 is 0 Å². The average Bonchev–Trinajstić information content (AvgIpc) is 2.79. The Hall–Kier alpha value is -0.610. The number of hydrogen-bond donors (Lipinski definition) is 1. The molecule has 106 valence electrons. The summed E-state index contributed by atoms with van der Waals surface area (Å²) in [6.45, 7) is 9.41. The van der Waals surface area contributed by atoms with Crippen LogP contribution in [0.4, 0.5) is 0 Å². The van der Waals surface area contributed by atoms with Gasteiger partial charge in [0.2, 0.25) is 5.91 Å². The largest absolute Gasteiger partial charge is 0.383 e. The molecular formula is C14H28N2O2. The van der Waals surface area contributed by atoms with Crippen LogP contribution in [0.15, 0.2) is 0 Å². The number of carbonyl (C=O) groups is 1. The molecule has 1 N–H and O–H groups in total. The maximum atomic E-state index is 12.8. The first kappa shape index (κ1) is 15.4. The maximum Gasteiger partial charge on any atom is 0.230 e. The van der Waals surface area contributed by atoms with Gasteiger partial charge >= 0.3 is 0 Å². The molecule has 1 heterocycles. The first-order valence-corrected chi connectivity index (χ1v) is 7.08. The van der Waals surface area contributed by atoms with Gasteiger partial charge in [0.1, 0.15) is 0 Å². The highest BCUT2D eigenvalue weighted by Gasteiger charge is 2.43. The fourth-order valence-electron chi connectivity index (χ4n) is 2.81. The molecule has 1 aliphatic heterocycles. The highest BCUT2D eigenvalue weighted by Crippen LogP contribution is 2.33. The van der Waals surface area contributed by atoms with E-state index < -0.39 is 0 Å². The van der Waals surface area contributed by atoms with E-state index in [9.17, 15) is 4.79 Å². The fraction of sp³-hybridized carbons (Fsp3) is 0.929. The number of hydrogen-bond acceptors (Lipinski definition) is 3. The highest BCUT2D eigenvalue weighted by atomic mass is 16.5. The number of nitrogens with one attached hydrogen (secondary N) is 1. The van der Waals surface area contributed by atoms with Gasteiger partial charge in [-0.3, -0.25) is 4.79 Å². The van der Waals surface area contributed by atoms with E-state index in [-0.39, 0.29) is 11.5 Å². The third kappa shape index (κ3) is 3.45. The van der Waals surface area contributed by atoms with E-state index in [1.165, 1.54) is 0 Å². The van der Waals surface area contributed by atoms with Crippen LogP contribution in [0.2, 0.25) is 0 Å². The Morgan fingerprint density at radius 3 is 2.67 bits per heavy atom. The zero-order chi connectivity index (χ0) is 13.6. The van der Waals surface area contributed by atoms with Crippen LogP contribution in [-0.2, 0) is 9.53 Å². The van der Waals surface area contributed by atoms with Crippen molar-refractivity contribution in [2.45, 2.75) is 46.1 Å². The molecule has 0 saturated carbocycles. The summed E-state index contributed by atoms with van der Waals surface area (Å²) in [7, 11) is 1.68. The summed E-state index contributed by atoms with van der Waals surface area (Å²) in [5.41, 5.74) is -0.174. The summed E-state index contributed by atoms with van der Waals surface area (Å²) >= 11 is 0. The van der Waals surface area contributed by atoms with Crippen molar-refractivity contribution in [2.75, 3.05) is 33.4 Å². The quantitative estimate of drug-likeness (QED) is 0.753. The van der Waals surface area contributed by atoms with E-state index in [4.69, 9.17) is 4.74 Å². The Balaban J connectivity index is 2.78. The molecule has 0 aliphatic carbocycles. The third-order valence-electron chi connectivity index (χ3n) is 3.85. The van der Waals surface area contributed by atoms with E-state index in [1.54, 1.807) is 7.11 Å². The third-order valence-corrected chi connectivity index (χ3v) is 3.85. The minimum atomic E-state index is -0.174. The molecule has 0 aromatic carbocycles. The van der Waals surface area contributed by atoms with Gasteiger partial charge in [-0.1, -0.05) is 13.3 Å². The predicted molar refractivity (Wildman–Crippen MR) is 73.6 cm³/mol. The first-order chi connectivity index (χ1) is 8.57. The van der Waals surface area contributed by atoms with Gasteiger partial charge in [-0.05, 0) is 33.2 Å². The van der Waals surface area contributed by atoms with E-state index in [2.05, 4.69) is 26.1 Å². The summed E-state index contributed by atoms with van der Waals surface area (Å²) in [6, 6.07) is 0.238. The summed E-state index contributed by atoms with van der Waals surface area (Å²) < 4.78 is 5.12. The first-order valence-electron chi connectivity index (χ1n) is 7.08. The van der Waals surface area contributed by atoms with Gasteiger partial charge in [-0.25, -0.2) is 0 Å². The minimum Gasteiger partial charge on any atom is -0.383 e. The number of nitrogens with zero attached hydrogens (tertiary/aromatic N) is 1. The number of carbonyl (C=O) groups excluding carboxylic acids is 1. The van der Waals surface area contributed by atoms with Crippen molar-refractivity contribution >= 4 is 5.91 Å². The molecule has 1 fully saturated rings. The molecule has 18 heavy (non-hydrogen) atoms. The van der Waals surface area contributed by atoms with Crippen LogP contribution in [0.1, 0.15) is 40.0 Å². The van der Waals surface area contributed by atoms with Crippen LogP contribution in [0, 0.1) is 5.41 Å². The second-order valence-corrected chi connectivity index (χ2v) is 5.54. The number of amides is 1. The molecule has 0 radical (unpaired) electrons. The molecule has 1 aliphatic rings. The monoisotopic (exact) mass is 256 g/mol. The van der Waals surface area contributed by atoms with Gasteiger partial charge in [0.15, 0.2) is 0 Å². The van der Waals surface area contributed by atoms with E-state index in [0.29, 0.717) is 19.1 Å². The lowest BCUT2D eigenvalue weighted by Crippen LogP contribution is -2.49. The topological polar surface area (TPSA) is 41.6 Å². The molecule has 1 atom stereocenters. The predicted octanol–water partition coefficient (Wildman–Crippen LogP) is 1.65. The second kappa shape index (κ2) is 7.10. The fourth-order valence-corrected chi connectivity index (χ4v) is 2.81. The maximum absolute atomic E-state index is 12.8. The Labute approximate surface area is 111 Å². The lowest BCUT2D eigenvalue weighted by atomic mass is 9.80. The summed E-state index contributed by atoms with van der Waals surface area (Å²) in [5, 5.41) is 3.35. The molecule has 1 rings (SSSR count). The average molecular weight is 256 g/mol. The van der Waals surface area contributed by atoms with Gasteiger partial charge in [0.05, 0.1) is 12.0 Å². The number of rotatable bonds is 7. The summed E-state index contributed by atoms with van der Waals surface area (Å²) in [5.74, 6) is 0.307. The molecule has 4 nitrogen and oxygen atoms in total.